The zero-order valence-electron chi connectivity index (χ0n) is 8.71. The van der Waals surface area contributed by atoms with E-state index in [1.54, 1.807) is 30.3 Å². The molecule has 0 fully saturated rings. The number of ether oxygens (including phenoxy) is 1. The topological polar surface area (TPSA) is 76.0 Å². The van der Waals surface area contributed by atoms with Crippen molar-refractivity contribution in [1.29, 1.82) is 0 Å². The van der Waals surface area contributed by atoms with Gasteiger partial charge in [0.2, 0.25) is 5.78 Å². The molecule has 0 saturated carbocycles. The van der Waals surface area contributed by atoms with E-state index in [0.29, 0.717) is 5.56 Å². The third kappa shape index (κ3) is 2.74. The molecule has 0 aliphatic heterocycles. The summed E-state index contributed by atoms with van der Waals surface area (Å²) in [6, 6.07) is 8.24. The van der Waals surface area contributed by atoms with Gasteiger partial charge in [-0.2, -0.15) is 0 Å². The number of rotatable bonds is 5. The Morgan fingerprint density at radius 2 is 2.00 bits per heavy atom. The molecular formula is C11H11NO4. The number of carbonyl (C=O) groups excluding carboxylic acids is 1. The minimum absolute atomic E-state index is 0.294. The lowest BCUT2D eigenvalue weighted by molar-refractivity contribution is -0.119. The molecule has 1 aromatic carbocycles. The Balaban J connectivity index is 3.09. The second-order valence-corrected chi connectivity index (χ2v) is 3.01. The van der Waals surface area contributed by atoms with Gasteiger partial charge in [-0.3, -0.25) is 4.79 Å². The van der Waals surface area contributed by atoms with Gasteiger partial charge in [0.05, 0.1) is 0 Å². The van der Waals surface area contributed by atoms with E-state index in [1.807, 2.05) is 0 Å². The van der Waals surface area contributed by atoms with E-state index in [9.17, 15) is 14.8 Å². The van der Waals surface area contributed by atoms with Crippen molar-refractivity contribution in [3.05, 3.63) is 46.5 Å². The predicted molar refractivity (Wildman–Crippen MR) is 58.7 cm³/mol. The molecule has 0 radical (unpaired) electrons. The molecule has 5 nitrogen and oxygen atoms in total. The molecule has 0 heterocycles. The third-order valence-corrected chi connectivity index (χ3v) is 1.90. The molecule has 16 heavy (non-hydrogen) atoms. The van der Waals surface area contributed by atoms with Gasteiger partial charge in [0, 0.05) is 12.7 Å². The summed E-state index contributed by atoms with van der Waals surface area (Å²) in [7, 11) is 1.32. The highest BCUT2D eigenvalue weighted by Crippen LogP contribution is 2.17. The number of Topliss-reactive ketones (excluding diaryl/α,β-unsaturated/α-hetero) is 1. The van der Waals surface area contributed by atoms with Gasteiger partial charge in [-0.25, -0.2) is 0 Å². The number of ketones is 1. The lowest BCUT2D eigenvalue weighted by Crippen LogP contribution is -2.10. The Labute approximate surface area is 92.3 Å². The van der Waals surface area contributed by atoms with Crippen LogP contribution < -0.4 is 0 Å². The van der Waals surface area contributed by atoms with Crippen molar-refractivity contribution in [2.45, 2.75) is 0 Å². The fourth-order valence-electron chi connectivity index (χ4n) is 1.16. The first-order chi connectivity index (χ1) is 7.70. The van der Waals surface area contributed by atoms with Crippen LogP contribution in [0, 0.1) is 4.91 Å². The molecule has 0 amide bonds. The minimum atomic E-state index is -0.654. The van der Waals surface area contributed by atoms with Crippen LogP contribution in [-0.4, -0.2) is 24.6 Å². The van der Waals surface area contributed by atoms with Crippen molar-refractivity contribution < 1.29 is 14.6 Å². The van der Waals surface area contributed by atoms with Crippen LogP contribution in [0.25, 0.3) is 5.76 Å². The lowest BCUT2D eigenvalue weighted by atomic mass is 10.1. The molecule has 0 bridgehead atoms. The second kappa shape index (κ2) is 5.77. The minimum Gasteiger partial charge on any atom is -0.505 e. The van der Waals surface area contributed by atoms with E-state index in [0.717, 1.165) is 0 Å². The van der Waals surface area contributed by atoms with Crippen molar-refractivity contribution in [2.24, 2.45) is 5.18 Å². The van der Waals surface area contributed by atoms with Gasteiger partial charge in [0.15, 0.2) is 11.5 Å². The number of hydrogen-bond donors (Lipinski definition) is 1. The van der Waals surface area contributed by atoms with E-state index in [4.69, 9.17) is 0 Å². The highest BCUT2D eigenvalue weighted by Gasteiger charge is 2.17. The normalized spacial score (nSPS) is 11.8. The van der Waals surface area contributed by atoms with E-state index < -0.39 is 17.2 Å². The van der Waals surface area contributed by atoms with Crippen LogP contribution in [0.3, 0.4) is 0 Å². The van der Waals surface area contributed by atoms with Crippen molar-refractivity contribution in [2.75, 3.05) is 13.7 Å². The maximum atomic E-state index is 11.4. The molecule has 0 saturated heterocycles. The molecular weight excluding hydrogens is 210 g/mol. The molecule has 0 spiro atoms. The zero-order valence-corrected chi connectivity index (χ0v) is 8.71. The predicted octanol–water partition coefficient (Wildman–Crippen LogP) is 1.90. The number of nitroso groups, excluding NO2 is 1. The lowest BCUT2D eigenvalue weighted by Gasteiger charge is -2.02. The van der Waals surface area contributed by atoms with Crippen molar-refractivity contribution in [1.82, 2.24) is 0 Å². The summed E-state index contributed by atoms with van der Waals surface area (Å²) in [6.07, 6.45) is 0. The van der Waals surface area contributed by atoms with E-state index in [2.05, 4.69) is 9.91 Å². The van der Waals surface area contributed by atoms with Gasteiger partial charge in [-0.05, 0) is 5.18 Å². The summed E-state index contributed by atoms with van der Waals surface area (Å²) in [6.45, 7) is -0.294. The van der Waals surface area contributed by atoms with Crippen LogP contribution in [0.4, 0.5) is 0 Å². The Kier molecular flexibility index (Phi) is 4.35. The fourth-order valence-corrected chi connectivity index (χ4v) is 1.16. The van der Waals surface area contributed by atoms with E-state index in [1.165, 1.54) is 7.11 Å². The summed E-state index contributed by atoms with van der Waals surface area (Å²) in [4.78, 5) is 21.8. The van der Waals surface area contributed by atoms with Gasteiger partial charge in [-0.1, -0.05) is 30.3 Å². The third-order valence-electron chi connectivity index (χ3n) is 1.90. The highest BCUT2D eigenvalue weighted by atomic mass is 16.5. The summed E-state index contributed by atoms with van der Waals surface area (Å²) < 4.78 is 4.58. The van der Waals surface area contributed by atoms with Gasteiger partial charge in [0.1, 0.15) is 6.61 Å². The number of benzene rings is 1. The maximum absolute atomic E-state index is 11.4. The van der Waals surface area contributed by atoms with E-state index in [-0.39, 0.29) is 6.61 Å². The molecule has 1 aromatic rings. The molecule has 0 aliphatic rings. The van der Waals surface area contributed by atoms with Crippen LogP contribution in [0.15, 0.2) is 41.2 Å². The highest BCUT2D eigenvalue weighted by molar-refractivity contribution is 6.01. The number of methoxy groups -OCH3 is 1. The van der Waals surface area contributed by atoms with Crippen LogP contribution in [-0.2, 0) is 9.53 Å². The van der Waals surface area contributed by atoms with E-state index >= 15 is 0 Å². The molecule has 1 N–H and O–H groups in total. The number of aliphatic hydroxyl groups excluding tert-OH is 1. The molecule has 84 valence electrons. The first kappa shape index (κ1) is 12.1. The summed E-state index contributed by atoms with van der Waals surface area (Å²) in [5, 5.41) is 12.2. The molecule has 1 rings (SSSR count). The van der Waals surface area contributed by atoms with Crippen LogP contribution in [0.5, 0.6) is 0 Å². The van der Waals surface area contributed by atoms with Gasteiger partial charge < -0.3 is 9.84 Å². The van der Waals surface area contributed by atoms with Crippen molar-refractivity contribution >= 4 is 11.5 Å². The Hall–Kier alpha value is -2.01. The first-order valence-corrected chi connectivity index (χ1v) is 4.55. The molecule has 0 aromatic heterocycles. The largest absolute Gasteiger partial charge is 0.505 e. The Morgan fingerprint density at radius 1 is 1.38 bits per heavy atom. The van der Waals surface area contributed by atoms with Gasteiger partial charge in [0.25, 0.3) is 0 Å². The Morgan fingerprint density at radius 3 is 2.50 bits per heavy atom. The van der Waals surface area contributed by atoms with Crippen LogP contribution in [0.2, 0.25) is 0 Å². The van der Waals surface area contributed by atoms with Crippen LogP contribution in [0.1, 0.15) is 5.56 Å². The van der Waals surface area contributed by atoms with Crippen molar-refractivity contribution in [3.63, 3.8) is 0 Å². The number of aliphatic hydroxyl groups is 1. The molecule has 0 aliphatic carbocycles. The summed E-state index contributed by atoms with van der Waals surface area (Å²) >= 11 is 0. The second-order valence-electron chi connectivity index (χ2n) is 3.01. The smallest absolute Gasteiger partial charge is 0.214 e. The monoisotopic (exact) mass is 221 g/mol. The standard InChI is InChI=1S/C11H11NO4/c1-16-7-9(13)10(12-15)11(14)8-5-3-2-4-6-8/h2-6,14H,7H2,1H3/b11-10+. The summed E-state index contributed by atoms with van der Waals surface area (Å²) in [5.41, 5.74) is -0.158. The zero-order chi connectivity index (χ0) is 12.0. The number of hydrogen-bond acceptors (Lipinski definition) is 5. The number of carbonyl (C=O) groups is 1. The molecule has 0 atom stereocenters. The average molecular weight is 221 g/mol. The van der Waals surface area contributed by atoms with Crippen molar-refractivity contribution in [3.8, 4) is 0 Å². The SMILES string of the molecule is COCC(=O)/C(N=O)=C(\O)c1ccccc1. The molecule has 0 unspecified atom stereocenters. The Bertz CT molecular complexity index is 411. The number of nitrogens with zero attached hydrogens (tertiary/aromatic N) is 1. The quantitative estimate of drug-likeness (QED) is 0.468. The van der Waals surface area contributed by atoms with Crippen LogP contribution >= 0.6 is 0 Å². The fraction of sp³-hybridized carbons (Fsp3) is 0.182. The average Bonchev–Trinajstić information content (AvgIpc) is 2.31. The summed E-state index contributed by atoms with van der Waals surface area (Å²) in [5.74, 6) is -1.09. The van der Waals surface area contributed by atoms with Gasteiger partial charge in [-0.15, -0.1) is 4.91 Å². The first-order valence-electron chi connectivity index (χ1n) is 4.55. The van der Waals surface area contributed by atoms with Gasteiger partial charge >= 0.3 is 0 Å². The maximum Gasteiger partial charge on any atom is 0.214 e. The molecule has 5 heteroatoms.